The number of halogens is 1. The number of benzene rings is 1. The molecule has 0 unspecified atom stereocenters. The lowest BCUT2D eigenvalue weighted by atomic mass is 10.0. The first-order chi connectivity index (χ1) is 15.9. The molecule has 0 spiro atoms. The summed E-state index contributed by atoms with van der Waals surface area (Å²) >= 11 is 0. The fraction of sp³-hybridized carbons (Fsp3) is 0.318. The predicted octanol–water partition coefficient (Wildman–Crippen LogP) is 3.10. The Hall–Kier alpha value is -3.86. The molecule has 2 aliphatic rings. The Kier molecular flexibility index (Phi) is 5.25. The number of nitrogens with one attached hydrogen (secondary N) is 1. The third-order valence-electron chi connectivity index (χ3n) is 5.93. The zero-order valence-electron chi connectivity index (χ0n) is 17.9. The average molecular weight is 451 g/mol. The first-order valence-corrected chi connectivity index (χ1v) is 10.6. The van der Waals surface area contributed by atoms with Crippen LogP contribution in [0.25, 0.3) is 11.3 Å². The zero-order chi connectivity index (χ0) is 23.1. The number of nitrogens with zero attached hydrogens (tertiary/aromatic N) is 6. The summed E-state index contributed by atoms with van der Waals surface area (Å²) in [5.41, 5.74) is 2.45. The van der Waals surface area contributed by atoms with Crippen molar-refractivity contribution >= 4 is 17.5 Å². The number of anilines is 1. The standard InChI is InChI=1S/C22H22FN7O3/c1-27-8-14(9-27)10-29-12-16-11-28(13-19(16)26-29)22(31)25-21-20(30(32)33)7-6-18(24-21)15-2-4-17(23)5-3-15/h2-7,12,14H,8-11,13H2,1H3,(H,24,25,31). The SMILES string of the molecule is CN1CC(Cn2cc3c(n2)CN(C(=O)Nc2nc(-c4ccc(F)cc4)ccc2[N+](=O)[O-])C3)C1. The molecule has 170 valence electrons. The van der Waals surface area contributed by atoms with E-state index in [-0.39, 0.29) is 11.5 Å². The number of hydrogen-bond donors (Lipinski definition) is 1. The summed E-state index contributed by atoms with van der Waals surface area (Å²) in [7, 11) is 2.09. The Bertz CT molecular complexity index is 1200. The van der Waals surface area contributed by atoms with Gasteiger partial charge >= 0.3 is 11.7 Å². The number of hydrogen-bond acceptors (Lipinski definition) is 6. The first-order valence-electron chi connectivity index (χ1n) is 10.6. The molecule has 4 heterocycles. The summed E-state index contributed by atoms with van der Waals surface area (Å²) in [6.07, 6.45) is 1.97. The first kappa shape index (κ1) is 21.0. The van der Waals surface area contributed by atoms with Crippen molar-refractivity contribution in [1.29, 1.82) is 0 Å². The normalized spacial score (nSPS) is 15.9. The maximum atomic E-state index is 13.2. The number of rotatable bonds is 5. The summed E-state index contributed by atoms with van der Waals surface area (Å²) in [4.78, 5) is 31.8. The summed E-state index contributed by atoms with van der Waals surface area (Å²) in [5, 5.41) is 18.6. The van der Waals surface area contributed by atoms with Crippen molar-refractivity contribution in [1.82, 2.24) is 24.6 Å². The fourth-order valence-electron chi connectivity index (χ4n) is 4.31. The van der Waals surface area contributed by atoms with Gasteiger partial charge in [0.15, 0.2) is 0 Å². The van der Waals surface area contributed by atoms with Crippen molar-refractivity contribution < 1.29 is 14.1 Å². The van der Waals surface area contributed by atoms with E-state index >= 15 is 0 Å². The van der Waals surface area contributed by atoms with E-state index in [0.717, 1.165) is 30.9 Å². The van der Waals surface area contributed by atoms with E-state index in [2.05, 4.69) is 27.3 Å². The minimum Gasteiger partial charge on any atom is -0.314 e. The second-order valence-corrected chi connectivity index (χ2v) is 8.52. The number of fused-ring (bicyclic) bond motifs is 1. The highest BCUT2D eigenvalue weighted by atomic mass is 19.1. The molecule has 2 aliphatic heterocycles. The van der Waals surface area contributed by atoms with Gasteiger partial charge in [0.2, 0.25) is 5.82 Å². The number of nitro groups is 1. The van der Waals surface area contributed by atoms with Crippen molar-refractivity contribution in [3.63, 3.8) is 0 Å². The van der Waals surface area contributed by atoms with Crippen molar-refractivity contribution in [2.45, 2.75) is 19.6 Å². The second kappa shape index (κ2) is 8.24. The Morgan fingerprint density at radius 1 is 1.21 bits per heavy atom. The highest BCUT2D eigenvalue weighted by Gasteiger charge is 2.30. The van der Waals surface area contributed by atoms with Gasteiger partial charge in [-0.25, -0.2) is 14.2 Å². The molecule has 2 aromatic heterocycles. The summed E-state index contributed by atoms with van der Waals surface area (Å²) < 4.78 is 15.2. The van der Waals surface area contributed by atoms with E-state index in [1.54, 1.807) is 0 Å². The number of carbonyl (C=O) groups excluding carboxylic acids is 1. The minimum absolute atomic E-state index is 0.157. The highest BCUT2D eigenvalue weighted by Crippen LogP contribution is 2.29. The van der Waals surface area contributed by atoms with Gasteiger partial charge in [0, 0.05) is 48.9 Å². The van der Waals surface area contributed by atoms with Gasteiger partial charge < -0.3 is 9.80 Å². The van der Waals surface area contributed by atoms with Crippen LogP contribution in [0.15, 0.2) is 42.6 Å². The monoisotopic (exact) mass is 451 g/mol. The number of urea groups is 1. The van der Waals surface area contributed by atoms with E-state index < -0.39 is 16.8 Å². The van der Waals surface area contributed by atoms with E-state index in [1.807, 2.05) is 10.9 Å². The molecule has 33 heavy (non-hydrogen) atoms. The summed E-state index contributed by atoms with van der Waals surface area (Å²) in [6.45, 7) is 3.67. The molecular formula is C22H22FN7O3. The van der Waals surface area contributed by atoms with Crippen LogP contribution in [0.5, 0.6) is 0 Å². The molecule has 2 amide bonds. The molecule has 3 aromatic rings. The molecule has 10 nitrogen and oxygen atoms in total. The van der Waals surface area contributed by atoms with Gasteiger partial charge in [0.05, 0.1) is 29.4 Å². The van der Waals surface area contributed by atoms with Crippen molar-refractivity contribution in [2.75, 3.05) is 25.5 Å². The molecule has 5 rings (SSSR count). The van der Waals surface area contributed by atoms with Crippen LogP contribution >= 0.6 is 0 Å². The molecule has 0 saturated carbocycles. The molecule has 11 heteroatoms. The van der Waals surface area contributed by atoms with Crippen LogP contribution in [0.1, 0.15) is 11.3 Å². The number of amides is 2. The summed E-state index contributed by atoms with van der Waals surface area (Å²) in [6, 6.07) is 7.86. The van der Waals surface area contributed by atoms with Crippen LogP contribution in [-0.4, -0.2) is 55.7 Å². The van der Waals surface area contributed by atoms with Crippen molar-refractivity contribution in [3.8, 4) is 11.3 Å². The van der Waals surface area contributed by atoms with Gasteiger partial charge in [-0.05, 0) is 37.4 Å². The van der Waals surface area contributed by atoms with Gasteiger partial charge in [0.1, 0.15) is 5.82 Å². The van der Waals surface area contributed by atoms with Crippen LogP contribution in [0, 0.1) is 21.8 Å². The maximum absolute atomic E-state index is 13.2. The van der Waals surface area contributed by atoms with Crippen LogP contribution in [0.3, 0.4) is 0 Å². The summed E-state index contributed by atoms with van der Waals surface area (Å²) in [5.74, 6) is 0.0366. The Balaban J connectivity index is 1.29. The minimum atomic E-state index is -0.599. The molecule has 1 saturated heterocycles. The third kappa shape index (κ3) is 4.27. The van der Waals surface area contributed by atoms with Gasteiger partial charge in [0.25, 0.3) is 0 Å². The quantitative estimate of drug-likeness (QED) is 0.472. The number of carbonyl (C=O) groups is 1. The molecule has 0 atom stereocenters. The average Bonchev–Trinajstić information content (AvgIpc) is 3.32. The molecule has 0 aliphatic carbocycles. The van der Waals surface area contributed by atoms with Crippen LogP contribution < -0.4 is 5.32 Å². The number of pyridine rings is 1. The fourth-order valence-corrected chi connectivity index (χ4v) is 4.31. The lowest BCUT2D eigenvalue weighted by Gasteiger charge is -2.36. The van der Waals surface area contributed by atoms with E-state index in [9.17, 15) is 19.3 Å². The molecule has 1 aromatic carbocycles. The lowest BCUT2D eigenvalue weighted by Crippen LogP contribution is -2.45. The van der Waals surface area contributed by atoms with E-state index in [4.69, 9.17) is 0 Å². The van der Waals surface area contributed by atoms with Crippen molar-refractivity contribution in [3.05, 3.63) is 69.8 Å². The topological polar surface area (TPSA) is 109 Å². The largest absolute Gasteiger partial charge is 0.323 e. The maximum Gasteiger partial charge on any atom is 0.323 e. The van der Waals surface area contributed by atoms with E-state index in [0.29, 0.717) is 30.3 Å². The Morgan fingerprint density at radius 2 is 1.97 bits per heavy atom. The van der Waals surface area contributed by atoms with Crippen LogP contribution in [0.4, 0.5) is 20.7 Å². The molecule has 0 radical (unpaired) electrons. The predicted molar refractivity (Wildman–Crippen MR) is 118 cm³/mol. The molecule has 0 bridgehead atoms. The molecular weight excluding hydrogens is 429 g/mol. The van der Waals surface area contributed by atoms with E-state index in [1.165, 1.54) is 41.3 Å². The molecule has 1 N–H and O–H groups in total. The lowest BCUT2D eigenvalue weighted by molar-refractivity contribution is -0.384. The highest BCUT2D eigenvalue weighted by molar-refractivity contribution is 5.91. The Labute approximate surface area is 188 Å². The molecule has 1 fully saturated rings. The van der Waals surface area contributed by atoms with Gasteiger partial charge in [-0.15, -0.1) is 0 Å². The second-order valence-electron chi connectivity index (χ2n) is 8.52. The third-order valence-corrected chi connectivity index (χ3v) is 5.93. The number of likely N-dealkylation sites (tertiary alicyclic amines) is 1. The van der Waals surface area contributed by atoms with Gasteiger partial charge in [-0.1, -0.05) is 0 Å². The van der Waals surface area contributed by atoms with Gasteiger partial charge in [-0.3, -0.25) is 20.1 Å². The smallest absolute Gasteiger partial charge is 0.314 e. The van der Waals surface area contributed by atoms with Crippen LogP contribution in [-0.2, 0) is 19.6 Å². The Morgan fingerprint density at radius 3 is 2.64 bits per heavy atom. The number of aromatic nitrogens is 3. The zero-order valence-corrected chi connectivity index (χ0v) is 17.9. The van der Waals surface area contributed by atoms with Gasteiger partial charge in [-0.2, -0.15) is 5.10 Å². The van der Waals surface area contributed by atoms with Crippen LogP contribution in [0.2, 0.25) is 0 Å². The van der Waals surface area contributed by atoms with Crippen molar-refractivity contribution in [2.24, 2.45) is 5.92 Å².